The largest absolute Gasteiger partial charge is 0.349 e. The summed E-state index contributed by atoms with van der Waals surface area (Å²) in [6.07, 6.45) is 0.188. The number of amides is 2. The third-order valence-electron chi connectivity index (χ3n) is 5.86. The molecule has 0 aromatic heterocycles. The molecule has 4 nitrogen and oxygen atoms in total. The van der Waals surface area contributed by atoms with Crippen molar-refractivity contribution in [1.29, 1.82) is 0 Å². The molecule has 0 saturated carbocycles. The van der Waals surface area contributed by atoms with Gasteiger partial charge in [0.25, 0.3) is 5.91 Å². The molecule has 0 unspecified atom stereocenters. The zero-order chi connectivity index (χ0) is 25.5. The Morgan fingerprint density at radius 1 is 0.778 bits per heavy atom. The van der Waals surface area contributed by atoms with Crippen LogP contribution in [0.25, 0.3) is 0 Å². The van der Waals surface area contributed by atoms with E-state index in [0.29, 0.717) is 5.69 Å². The van der Waals surface area contributed by atoms with Crippen LogP contribution >= 0.6 is 0 Å². The van der Waals surface area contributed by atoms with Crippen molar-refractivity contribution in [2.24, 2.45) is 0 Å². The van der Waals surface area contributed by atoms with Crippen LogP contribution in [0.4, 0.5) is 14.5 Å². The van der Waals surface area contributed by atoms with Crippen LogP contribution < -0.4 is 10.2 Å². The minimum Gasteiger partial charge on any atom is -0.349 e. The zero-order valence-corrected chi connectivity index (χ0v) is 19.8. The first-order valence-electron chi connectivity index (χ1n) is 11.6. The third kappa shape index (κ3) is 6.42. The molecule has 4 aromatic rings. The lowest BCUT2D eigenvalue weighted by Crippen LogP contribution is -2.30. The van der Waals surface area contributed by atoms with Crippen LogP contribution in [0.3, 0.4) is 0 Å². The molecule has 0 saturated heterocycles. The van der Waals surface area contributed by atoms with Gasteiger partial charge in [-0.25, -0.2) is 8.78 Å². The lowest BCUT2D eigenvalue weighted by Gasteiger charge is -2.24. The number of anilines is 1. The summed E-state index contributed by atoms with van der Waals surface area (Å²) in [7, 11) is 0. The standard InChI is InChI=1S/C30H26F2N2O2/c1-21(24-6-3-2-4-7-24)33-29(35)18-22-12-16-28(17-13-22)34(20-23-10-14-26(31)15-11-23)30(36)25-8-5-9-27(32)19-25/h2-17,19,21H,18,20H2,1H3,(H,33,35)/t21-/m1/s1. The molecular formula is C30H26F2N2O2. The van der Waals surface area contributed by atoms with E-state index in [1.807, 2.05) is 37.3 Å². The molecule has 1 atom stereocenters. The van der Waals surface area contributed by atoms with Crippen molar-refractivity contribution in [2.45, 2.75) is 25.9 Å². The molecule has 0 fully saturated rings. The van der Waals surface area contributed by atoms with E-state index in [9.17, 15) is 18.4 Å². The molecule has 4 aromatic carbocycles. The zero-order valence-electron chi connectivity index (χ0n) is 19.8. The van der Waals surface area contributed by atoms with Gasteiger partial charge in [0.1, 0.15) is 11.6 Å². The molecule has 0 spiro atoms. The number of rotatable bonds is 8. The average Bonchev–Trinajstić information content (AvgIpc) is 2.89. The average molecular weight is 485 g/mol. The van der Waals surface area contributed by atoms with Crippen LogP contribution in [-0.2, 0) is 17.8 Å². The van der Waals surface area contributed by atoms with E-state index in [1.165, 1.54) is 35.2 Å². The Balaban J connectivity index is 1.51. The van der Waals surface area contributed by atoms with Crippen molar-refractivity contribution in [1.82, 2.24) is 5.32 Å². The SMILES string of the molecule is C[C@@H](NC(=O)Cc1ccc(N(Cc2ccc(F)cc2)C(=O)c2cccc(F)c2)cc1)c1ccccc1. The second-order valence-corrected chi connectivity index (χ2v) is 8.57. The predicted molar refractivity (Wildman–Crippen MR) is 136 cm³/mol. The Kier molecular flexibility index (Phi) is 7.85. The molecule has 0 aliphatic carbocycles. The fraction of sp³-hybridized carbons (Fsp3) is 0.133. The van der Waals surface area contributed by atoms with Gasteiger partial charge >= 0.3 is 0 Å². The summed E-state index contributed by atoms with van der Waals surface area (Å²) in [6.45, 7) is 2.10. The van der Waals surface area contributed by atoms with Crippen LogP contribution in [-0.4, -0.2) is 11.8 Å². The summed E-state index contributed by atoms with van der Waals surface area (Å²) in [5.74, 6) is -1.38. The number of carbonyl (C=O) groups excluding carboxylic acids is 2. The maximum absolute atomic E-state index is 13.8. The van der Waals surface area contributed by atoms with Gasteiger partial charge < -0.3 is 10.2 Å². The quantitative estimate of drug-likeness (QED) is 0.322. The lowest BCUT2D eigenvalue weighted by atomic mass is 10.1. The van der Waals surface area contributed by atoms with Crippen molar-refractivity contribution in [3.63, 3.8) is 0 Å². The van der Waals surface area contributed by atoms with E-state index in [-0.39, 0.29) is 42.2 Å². The molecule has 0 radical (unpaired) electrons. The Bertz CT molecular complexity index is 1320. The van der Waals surface area contributed by atoms with Crippen molar-refractivity contribution in [3.8, 4) is 0 Å². The first-order valence-corrected chi connectivity index (χ1v) is 11.6. The van der Waals surface area contributed by atoms with Gasteiger partial charge in [-0.15, -0.1) is 0 Å². The first kappa shape index (κ1) is 24.8. The van der Waals surface area contributed by atoms with Crippen molar-refractivity contribution in [3.05, 3.63) is 137 Å². The first-order chi connectivity index (χ1) is 17.4. The minimum absolute atomic E-state index is 0.113. The molecule has 0 bridgehead atoms. The fourth-order valence-electron chi connectivity index (χ4n) is 3.93. The molecule has 36 heavy (non-hydrogen) atoms. The molecular weight excluding hydrogens is 458 g/mol. The van der Waals surface area contributed by atoms with Crippen LogP contribution in [0.1, 0.15) is 40.0 Å². The highest BCUT2D eigenvalue weighted by atomic mass is 19.1. The molecule has 182 valence electrons. The van der Waals surface area contributed by atoms with Gasteiger partial charge in [0, 0.05) is 11.3 Å². The van der Waals surface area contributed by atoms with Crippen LogP contribution in [0.2, 0.25) is 0 Å². The van der Waals surface area contributed by atoms with Gasteiger partial charge in [-0.1, -0.05) is 60.7 Å². The summed E-state index contributed by atoms with van der Waals surface area (Å²) in [4.78, 5) is 27.4. The molecule has 0 aliphatic rings. The molecule has 0 aliphatic heterocycles. The van der Waals surface area contributed by atoms with Gasteiger partial charge in [-0.05, 0) is 66.1 Å². The highest BCUT2D eigenvalue weighted by Gasteiger charge is 2.19. The van der Waals surface area contributed by atoms with Crippen molar-refractivity contribution in [2.75, 3.05) is 4.90 Å². The van der Waals surface area contributed by atoms with E-state index < -0.39 is 5.82 Å². The van der Waals surface area contributed by atoms with E-state index >= 15 is 0 Å². The molecule has 0 heterocycles. The van der Waals surface area contributed by atoms with Gasteiger partial charge in [0.05, 0.1) is 19.0 Å². The Hall–Kier alpha value is -4.32. The molecule has 2 amide bonds. The number of hydrogen-bond donors (Lipinski definition) is 1. The van der Waals surface area contributed by atoms with Gasteiger partial charge in [0.2, 0.25) is 5.91 Å². The Labute approximate surface area is 209 Å². The number of nitrogens with zero attached hydrogens (tertiary/aromatic N) is 1. The second kappa shape index (κ2) is 11.4. The number of nitrogens with one attached hydrogen (secondary N) is 1. The fourth-order valence-corrected chi connectivity index (χ4v) is 3.93. The Morgan fingerprint density at radius 2 is 1.44 bits per heavy atom. The minimum atomic E-state index is -0.506. The third-order valence-corrected chi connectivity index (χ3v) is 5.86. The highest BCUT2D eigenvalue weighted by Crippen LogP contribution is 2.22. The van der Waals surface area contributed by atoms with Gasteiger partial charge in [-0.3, -0.25) is 9.59 Å². The van der Waals surface area contributed by atoms with E-state index in [2.05, 4.69) is 5.32 Å². The monoisotopic (exact) mass is 484 g/mol. The van der Waals surface area contributed by atoms with Crippen molar-refractivity contribution < 1.29 is 18.4 Å². The lowest BCUT2D eigenvalue weighted by molar-refractivity contribution is -0.121. The second-order valence-electron chi connectivity index (χ2n) is 8.57. The van der Waals surface area contributed by atoms with Crippen LogP contribution in [0, 0.1) is 11.6 Å². The Morgan fingerprint density at radius 3 is 2.11 bits per heavy atom. The van der Waals surface area contributed by atoms with Crippen LogP contribution in [0.15, 0.2) is 103 Å². The summed E-state index contributed by atoms with van der Waals surface area (Å²) in [6, 6.07) is 28.1. The van der Waals surface area contributed by atoms with E-state index in [0.717, 1.165) is 16.7 Å². The maximum atomic E-state index is 13.8. The smallest absolute Gasteiger partial charge is 0.258 e. The number of hydrogen-bond acceptors (Lipinski definition) is 2. The topological polar surface area (TPSA) is 49.4 Å². The number of halogens is 2. The number of carbonyl (C=O) groups is 2. The van der Waals surface area contributed by atoms with Gasteiger partial charge in [0.15, 0.2) is 0 Å². The van der Waals surface area contributed by atoms with E-state index in [1.54, 1.807) is 42.5 Å². The number of benzene rings is 4. The summed E-state index contributed by atoms with van der Waals surface area (Å²) in [5.41, 5.74) is 3.32. The van der Waals surface area contributed by atoms with Crippen molar-refractivity contribution >= 4 is 17.5 Å². The summed E-state index contributed by atoms with van der Waals surface area (Å²) >= 11 is 0. The molecule has 6 heteroatoms. The normalized spacial score (nSPS) is 11.5. The maximum Gasteiger partial charge on any atom is 0.258 e. The summed E-state index contributed by atoms with van der Waals surface area (Å²) in [5, 5.41) is 2.99. The van der Waals surface area contributed by atoms with E-state index in [4.69, 9.17) is 0 Å². The van der Waals surface area contributed by atoms with Crippen LogP contribution in [0.5, 0.6) is 0 Å². The van der Waals surface area contributed by atoms with Gasteiger partial charge in [-0.2, -0.15) is 0 Å². The molecule has 1 N–H and O–H groups in total. The predicted octanol–water partition coefficient (Wildman–Crippen LogP) is 6.23. The molecule has 4 rings (SSSR count). The summed E-state index contributed by atoms with van der Waals surface area (Å²) < 4.78 is 27.2. The highest BCUT2D eigenvalue weighted by molar-refractivity contribution is 6.06.